The van der Waals surface area contributed by atoms with Crippen molar-refractivity contribution in [2.45, 2.75) is 51.7 Å². The largest absolute Gasteiger partial charge is 0.481 e. The van der Waals surface area contributed by atoms with Crippen LogP contribution in [0.1, 0.15) is 50.3 Å². The molecule has 0 aliphatic heterocycles. The van der Waals surface area contributed by atoms with Crippen LogP contribution in [0.15, 0.2) is 18.2 Å². The minimum atomic E-state index is -0.506. The number of ether oxygens (including phenoxy) is 1. The van der Waals surface area contributed by atoms with Gasteiger partial charge in [-0.2, -0.15) is 0 Å². The van der Waals surface area contributed by atoms with Gasteiger partial charge in [-0.3, -0.25) is 4.79 Å². The van der Waals surface area contributed by atoms with Crippen molar-refractivity contribution in [2.24, 2.45) is 0 Å². The number of nitrogens with one attached hydrogen (secondary N) is 1. The third-order valence-electron chi connectivity index (χ3n) is 3.63. The van der Waals surface area contributed by atoms with Crippen LogP contribution in [0.2, 0.25) is 0 Å². The van der Waals surface area contributed by atoms with Gasteiger partial charge in [0, 0.05) is 6.54 Å². The molecule has 1 amide bonds. The molecule has 20 heavy (non-hydrogen) atoms. The summed E-state index contributed by atoms with van der Waals surface area (Å²) in [5.74, 6) is 0.599. The molecule has 4 nitrogen and oxygen atoms in total. The van der Waals surface area contributed by atoms with Gasteiger partial charge in [-0.05, 0) is 55.9 Å². The summed E-state index contributed by atoms with van der Waals surface area (Å²) in [6.45, 7) is 4.43. The van der Waals surface area contributed by atoms with Gasteiger partial charge in [0.05, 0.1) is 6.10 Å². The van der Waals surface area contributed by atoms with Crippen LogP contribution in [0, 0.1) is 0 Å². The SMILES string of the molecule is CCCNC(=O)C(C)Oc1ccc2c(c1)CCCC2O. The van der Waals surface area contributed by atoms with Crippen molar-refractivity contribution in [3.63, 3.8) is 0 Å². The highest BCUT2D eigenvalue weighted by Gasteiger charge is 2.19. The van der Waals surface area contributed by atoms with Gasteiger partial charge in [0.1, 0.15) is 5.75 Å². The third kappa shape index (κ3) is 3.51. The fourth-order valence-electron chi connectivity index (χ4n) is 2.49. The van der Waals surface area contributed by atoms with Crippen molar-refractivity contribution in [1.82, 2.24) is 5.32 Å². The van der Waals surface area contributed by atoms with Crippen LogP contribution < -0.4 is 10.1 Å². The van der Waals surface area contributed by atoms with E-state index in [1.165, 1.54) is 0 Å². The molecule has 2 N–H and O–H groups in total. The Hall–Kier alpha value is -1.55. The van der Waals surface area contributed by atoms with Crippen molar-refractivity contribution >= 4 is 5.91 Å². The van der Waals surface area contributed by atoms with E-state index in [-0.39, 0.29) is 12.0 Å². The van der Waals surface area contributed by atoms with Gasteiger partial charge < -0.3 is 15.2 Å². The van der Waals surface area contributed by atoms with Crippen LogP contribution >= 0.6 is 0 Å². The van der Waals surface area contributed by atoms with Gasteiger partial charge in [0.15, 0.2) is 6.10 Å². The summed E-state index contributed by atoms with van der Waals surface area (Å²) in [4.78, 5) is 11.8. The normalized spacial score (nSPS) is 19.1. The Balaban J connectivity index is 2.01. The van der Waals surface area contributed by atoms with E-state index in [0.29, 0.717) is 12.3 Å². The summed E-state index contributed by atoms with van der Waals surface area (Å²) in [6.07, 6.45) is 2.81. The number of hydrogen-bond donors (Lipinski definition) is 2. The maximum atomic E-state index is 11.8. The summed E-state index contributed by atoms with van der Waals surface area (Å²) >= 11 is 0. The predicted molar refractivity (Wildman–Crippen MR) is 77.7 cm³/mol. The molecule has 0 saturated carbocycles. The molecule has 1 aromatic rings. The van der Waals surface area contributed by atoms with E-state index in [1.54, 1.807) is 6.92 Å². The maximum absolute atomic E-state index is 11.8. The molecule has 0 radical (unpaired) electrons. The number of benzene rings is 1. The Bertz CT molecular complexity index is 473. The zero-order valence-electron chi connectivity index (χ0n) is 12.2. The van der Waals surface area contributed by atoms with E-state index < -0.39 is 6.10 Å². The molecule has 0 saturated heterocycles. The second kappa shape index (κ2) is 6.75. The second-order valence-corrected chi connectivity index (χ2v) is 5.32. The number of aryl methyl sites for hydroxylation is 1. The molecule has 0 spiro atoms. The van der Waals surface area contributed by atoms with Gasteiger partial charge >= 0.3 is 0 Å². The monoisotopic (exact) mass is 277 g/mol. The number of fused-ring (bicyclic) bond motifs is 1. The smallest absolute Gasteiger partial charge is 0.260 e. The minimum Gasteiger partial charge on any atom is -0.481 e. The van der Waals surface area contributed by atoms with E-state index in [9.17, 15) is 9.90 Å². The number of carbonyl (C=O) groups is 1. The zero-order valence-corrected chi connectivity index (χ0v) is 12.2. The molecular formula is C16H23NO3. The van der Waals surface area contributed by atoms with Gasteiger partial charge in [-0.15, -0.1) is 0 Å². The number of rotatable bonds is 5. The summed E-state index contributed by atoms with van der Waals surface area (Å²) in [7, 11) is 0. The molecular weight excluding hydrogens is 254 g/mol. The van der Waals surface area contributed by atoms with Gasteiger partial charge in [-0.25, -0.2) is 0 Å². The number of carbonyl (C=O) groups excluding carboxylic acids is 1. The molecule has 0 heterocycles. The Kier molecular flexibility index (Phi) is 5.01. The average molecular weight is 277 g/mol. The molecule has 1 aliphatic rings. The maximum Gasteiger partial charge on any atom is 0.260 e. The summed E-state index contributed by atoms with van der Waals surface area (Å²) in [5.41, 5.74) is 2.12. The molecule has 110 valence electrons. The highest BCUT2D eigenvalue weighted by atomic mass is 16.5. The van der Waals surface area contributed by atoms with Crippen molar-refractivity contribution in [2.75, 3.05) is 6.54 Å². The van der Waals surface area contributed by atoms with E-state index in [2.05, 4.69) is 5.32 Å². The van der Waals surface area contributed by atoms with Crippen LogP contribution in [0.3, 0.4) is 0 Å². The first kappa shape index (κ1) is 14.9. The van der Waals surface area contributed by atoms with Crippen LogP contribution in [-0.2, 0) is 11.2 Å². The van der Waals surface area contributed by atoms with Gasteiger partial charge in [0.25, 0.3) is 5.91 Å². The Morgan fingerprint density at radius 3 is 3.10 bits per heavy atom. The number of amides is 1. The lowest BCUT2D eigenvalue weighted by molar-refractivity contribution is -0.127. The van der Waals surface area contributed by atoms with Crippen molar-refractivity contribution in [3.05, 3.63) is 29.3 Å². The Morgan fingerprint density at radius 2 is 2.35 bits per heavy atom. The standard InChI is InChI=1S/C16H23NO3/c1-3-9-17-16(19)11(2)20-13-7-8-14-12(10-13)5-4-6-15(14)18/h7-8,10-11,15,18H,3-6,9H2,1-2H3,(H,17,19). The topological polar surface area (TPSA) is 58.6 Å². The fourth-order valence-corrected chi connectivity index (χ4v) is 2.49. The summed E-state index contributed by atoms with van der Waals surface area (Å²) < 4.78 is 5.68. The molecule has 0 fully saturated rings. The number of hydrogen-bond acceptors (Lipinski definition) is 3. The van der Waals surface area contributed by atoms with Crippen molar-refractivity contribution in [1.29, 1.82) is 0 Å². The molecule has 1 aliphatic carbocycles. The summed E-state index contributed by atoms with van der Waals surface area (Å²) in [5, 5.41) is 12.7. The van der Waals surface area contributed by atoms with Crippen LogP contribution in [-0.4, -0.2) is 23.7 Å². The molecule has 0 aromatic heterocycles. The van der Waals surface area contributed by atoms with Gasteiger partial charge in [-0.1, -0.05) is 13.0 Å². The van der Waals surface area contributed by atoms with E-state index in [0.717, 1.165) is 36.8 Å². The molecule has 1 aromatic carbocycles. The number of aliphatic hydroxyl groups is 1. The first-order valence-electron chi connectivity index (χ1n) is 7.37. The average Bonchev–Trinajstić information content (AvgIpc) is 2.44. The lowest BCUT2D eigenvalue weighted by atomic mass is 9.89. The molecule has 2 unspecified atom stereocenters. The fraction of sp³-hybridized carbons (Fsp3) is 0.562. The van der Waals surface area contributed by atoms with Crippen LogP contribution in [0.25, 0.3) is 0 Å². The lowest BCUT2D eigenvalue weighted by Gasteiger charge is -2.22. The first-order chi connectivity index (χ1) is 9.61. The number of aliphatic hydroxyl groups excluding tert-OH is 1. The minimum absolute atomic E-state index is 0.0930. The Labute approximate surface area is 120 Å². The first-order valence-corrected chi connectivity index (χ1v) is 7.37. The van der Waals surface area contributed by atoms with Gasteiger partial charge in [0.2, 0.25) is 0 Å². The zero-order chi connectivity index (χ0) is 14.5. The van der Waals surface area contributed by atoms with Crippen LogP contribution in [0.4, 0.5) is 0 Å². The molecule has 0 bridgehead atoms. The quantitative estimate of drug-likeness (QED) is 0.868. The predicted octanol–water partition coefficient (Wildman–Crippen LogP) is 2.35. The van der Waals surface area contributed by atoms with E-state index >= 15 is 0 Å². The second-order valence-electron chi connectivity index (χ2n) is 5.32. The summed E-state index contributed by atoms with van der Waals surface area (Å²) in [6, 6.07) is 5.68. The molecule has 2 atom stereocenters. The van der Waals surface area contributed by atoms with Crippen LogP contribution in [0.5, 0.6) is 5.75 Å². The third-order valence-corrected chi connectivity index (χ3v) is 3.63. The van der Waals surface area contributed by atoms with E-state index in [4.69, 9.17) is 4.74 Å². The molecule has 2 rings (SSSR count). The highest BCUT2D eigenvalue weighted by Crippen LogP contribution is 2.32. The van der Waals surface area contributed by atoms with Crippen molar-refractivity contribution < 1.29 is 14.6 Å². The Morgan fingerprint density at radius 1 is 1.55 bits per heavy atom. The van der Waals surface area contributed by atoms with E-state index in [1.807, 2.05) is 25.1 Å². The van der Waals surface area contributed by atoms with Crippen molar-refractivity contribution in [3.8, 4) is 5.75 Å². The highest BCUT2D eigenvalue weighted by molar-refractivity contribution is 5.80. The molecule has 4 heteroatoms. The lowest BCUT2D eigenvalue weighted by Crippen LogP contribution is -2.36.